The van der Waals surface area contributed by atoms with Gasteiger partial charge in [0.25, 0.3) is 5.91 Å². The highest BCUT2D eigenvalue weighted by Gasteiger charge is 2.12. The summed E-state index contributed by atoms with van der Waals surface area (Å²) in [4.78, 5) is 13.8. The van der Waals surface area contributed by atoms with Crippen LogP contribution in [0.15, 0.2) is 24.3 Å². The molecule has 1 amide bonds. The van der Waals surface area contributed by atoms with E-state index in [2.05, 4.69) is 0 Å². The maximum atomic E-state index is 12.1. The molecule has 2 N–H and O–H groups in total. The van der Waals surface area contributed by atoms with Gasteiger partial charge >= 0.3 is 0 Å². The Balaban J connectivity index is 2.48. The molecule has 0 bridgehead atoms. The molecule has 0 atom stereocenters. The SMILES string of the molecule is CCOCCN(CC)C(=O)COc1ccccc1CN. The average Bonchev–Trinajstić information content (AvgIpc) is 2.49. The van der Waals surface area contributed by atoms with Gasteiger partial charge in [-0.1, -0.05) is 18.2 Å². The highest BCUT2D eigenvalue weighted by Crippen LogP contribution is 2.16. The van der Waals surface area contributed by atoms with Crippen molar-refractivity contribution in [2.75, 3.05) is 32.9 Å². The van der Waals surface area contributed by atoms with Crippen LogP contribution in [0, 0.1) is 0 Å². The average molecular weight is 280 g/mol. The van der Waals surface area contributed by atoms with E-state index in [0.29, 0.717) is 38.6 Å². The number of carbonyl (C=O) groups is 1. The van der Waals surface area contributed by atoms with Crippen LogP contribution in [0.3, 0.4) is 0 Å². The number of hydrogen-bond acceptors (Lipinski definition) is 4. The molecule has 0 saturated heterocycles. The molecule has 0 saturated carbocycles. The van der Waals surface area contributed by atoms with E-state index >= 15 is 0 Å². The molecule has 112 valence electrons. The van der Waals surface area contributed by atoms with Crippen molar-refractivity contribution in [1.82, 2.24) is 4.90 Å². The lowest BCUT2D eigenvalue weighted by Crippen LogP contribution is -2.37. The number of likely N-dealkylation sites (N-methyl/N-ethyl adjacent to an activating group) is 1. The van der Waals surface area contributed by atoms with Crippen LogP contribution in [0.2, 0.25) is 0 Å². The van der Waals surface area contributed by atoms with Crippen LogP contribution in [-0.4, -0.2) is 43.7 Å². The maximum absolute atomic E-state index is 12.1. The molecule has 1 aromatic rings. The topological polar surface area (TPSA) is 64.8 Å². The first-order valence-electron chi connectivity index (χ1n) is 6.99. The molecule has 0 aromatic heterocycles. The number of amides is 1. The summed E-state index contributed by atoms with van der Waals surface area (Å²) in [6.45, 7) is 6.74. The van der Waals surface area contributed by atoms with Gasteiger partial charge in [-0.2, -0.15) is 0 Å². The molecule has 0 unspecified atom stereocenters. The van der Waals surface area contributed by atoms with Crippen molar-refractivity contribution in [2.24, 2.45) is 5.73 Å². The van der Waals surface area contributed by atoms with Crippen molar-refractivity contribution in [3.63, 3.8) is 0 Å². The van der Waals surface area contributed by atoms with Gasteiger partial charge in [0.15, 0.2) is 6.61 Å². The molecule has 0 fully saturated rings. The third-order valence-electron chi connectivity index (χ3n) is 2.99. The van der Waals surface area contributed by atoms with Gasteiger partial charge in [-0.15, -0.1) is 0 Å². The molecule has 0 aliphatic heterocycles. The predicted molar refractivity (Wildman–Crippen MR) is 78.6 cm³/mol. The normalized spacial score (nSPS) is 10.3. The minimum absolute atomic E-state index is 0.0248. The Hall–Kier alpha value is -1.59. The highest BCUT2D eigenvalue weighted by atomic mass is 16.5. The van der Waals surface area contributed by atoms with Crippen molar-refractivity contribution in [3.05, 3.63) is 29.8 Å². The molecule has 1 rings (SSSR count). The number of carbonyl (C=O) groups excluding carboxylic acids is 1. The number of benzene rings is 1. The fourth-order valence-electron chi connectivity index (χ4n) is 1.82. The van der Waals surface area contributed by atoms with E-state index < -0.39 is 0 Å². The van der Waals surface area contributed by atoms with E-state index in [-0.39, 0.29) is 12.5 Å². The number of para-hydroxylation sites is 1. The maximum Gasteiger partial charge on any atom is 0.260 e. The first-order valence-corrected chi connectivity index (χ1v) is 6.99. The third kappa shape index (κ3) is 5.19. The molecule has 5 heteroatoms. The van der Waals surface area contributed by atoms with Crippen molar-refractivity contribution in [3.8, 4) is 5.75 Å². The van der Waals surface area contributed by atoms with Crippen molar-refractivity contribution in [2.45, 2.75) is 20.4 Å². The van der Waals surface area contributed by atoms with E-state index in [4.69, 9.17) is 15.2 Å². The summed E-state index contributed by atoms with van der Waals surface area (Å²) >= 11 is 0. The third-order valence-corrected chi connectivity index (χ3v) is 2.99. The predicted octanol–water partition coefficient (Wildman–Crippen LogP) is 1.41. The van der Waals surface area contributed by atoms with Gasteiger partial charge in [-0.3, -0.25) is 4.79 Å². The van der Waals surface area contributed by atoms with Gasteiger partial charge in [0, 0.05) is 31.8 Å². The Morgan fingerprint density at radius 2 is 2.05 bits per heavy atom. The van der Waals surface area contributed by atoms with Crippen molar-refractivity contribution < 1.29 is 14.3 Å². The van der Waals surface area contributed by atoms with Gasteiger partial charge in [-0.05, 0) is 19.9 Å². The first kappa shape index (κ1) is 16.5. The second-order valence-corrected chi connectivity index (χ2v) is 4.27. The van der Waals surface area contributed by atoms with Crippen molar-refractivity contribution >= 4 is 5.91 Å². The number of rotatable bonds is 9. The van der Waals surface area contributed by atoms with Crippen LogP contribution < -0.4 is 10.5 Å². The summed E-state index contributed by atoms with van der Waals surface area (Å²) < 4.78 is 10.8. The number of nitrogens with zero attached hydrogens (tertiary/aromatic N) is 1. The van der Waals surface area contributed by atoms with Crippen LogP contribution in [0.1, 0.15) is 19.4 Å². The van der Waals surface area contributed by atoms with E-state index in [9.17, 15) is 4.79 Å². The lowest BCUT2D eigenvalue weighted by Gasteiger charge is -2.21. The Morgan fingerprint density at radius 1 is 1.30 bits per heavy atom. The minimum atomic E-state index is -0.0426. The van der Waals surface area contributed by atoms with Gasteiger partial charge in [-0.25, -0.2) is 0 Å². The van der Waals surface area contributed by atoms with Gasteiger partial charge < -0.3 is 20.1 Å². The summed E-state index contributed by atoms with van der Waals surface area (Å²) in [6.07, 6.45) is 0. The molecule has 5 nitrogen and oxygen atoms in total. The first-order chi connectivity index (χ1) is 9.72. The molecule has 0 radical (unpaired) electrons. The van der Waals surface area contributed by atoms with Crippen LogP contribution >= 0.6 is 0 Å². The number of hydrogen-bond donors (Lipinski definition) is 1. The molecule has 0 heterocycles. The number of nitrogens with two attached hydrogens (primary N) is 1. The minimum Gasteiger partial charge on any atom is -0.483 e. The van der Waals surface area contributed by atoms with Crippen molar-refractivity contribution in [1.29, 1.82) is 0 Å². The molecule has 0 aliphatic carbocycles. The van der Waals surface area contributed by atoms with E-state index in [0.717, 1.165) is 5.56 Å². The fourth-order valence-corrected chi connectivity index (χ4v) is 1.82. The quantitative estimate of drug-likeness (QED) is 0.695. The smallest absolute Gasteiger partial charge is 0.260 e. The second-order valence-electron chi connectivity index (χ2n) is 4.27. The molecular formula is C15H24N2O3. The van der Waals surface area contributed by atoms with Gasteiger partial charge in [0.2, 0.25) is 0 Å². The van der Waals surface area contributed by atoms with E-state index in [1.807, 2.05) is 38.1 Å². The largest absolute Gasteiger partial charge is 0.483 e. The van der Waals surface area contributed by atoms with Crippen LogP contribution in [0.5, 0.6) is 5.75 Å². The Bertz CT molecular complexity index is 410. The van der Waals surface area contributed by atoms with Gasteiger partial charge in [0.05, 0.1) is 6.61 Å². The van der Waals surface area contributed by atoms with E-state index in [1.165, 1.54) is 0 Å². The lowest BCUT2D eigenvalue weighted by molar-refractivity contribution is -0.133. The van der Waals surface area contributed by atoms with Gasteiger partial charge in [0.1, 0.15) is 5.75 Å². The zero-order valence-corrected chi connectivity index (χ0v) is 12.3. The zero-order valence-electron chi connectivity index (χ0n) is 12.3. The van der Waals surface area contributed by atoms with Crippen LogP contribution in [0.25, 0.3) is 0 Å². The Kier molecular flexibility index (Phi) is 7.69. The summed E-state index contributed by atoms with van der Waals surface area (Å²) in [5.74, 6) is 0.628. The summed E-state index contributed by atoms with van der Waals surface area (Å²) in [7, 11) is 0. The molecular weight excluding hydrogens is 256 g/mol. The molecule has 0 aliphatic rings. The fraction of sp³-hybridized carbons (Fsp3) is 0.533. The highest BCUT2D eigenvalue weighted by molar-refractivity contribution is 5.77. The van der Waals surface area contributed by atoms with Crippen LogP contribution in [-0.2, 0) is 16.1 Å². The molecule has 20 heavy (non-hydrogen) atoms. The number of ether oxygens (including phenoxy) is 2. The van der Waals surface area contributed by atoms with E-state index in [1.54, 1.807) is 4.90 Å². The summed E-state index contributed by atoms with van der Waals surface area (Å²) in [5, 5.41) is 0. The lowest BCUT2D eigenvalue weighted by atomic mass is 10.2. The van der Waals surface area contributed by atoms with Crippen LogP contribution in [0.4, 0.5) is 0 Å². The monoisotopic (exact) mass is 280 g/mol. The Labute approximate surface area is 120 Å². The second kappa shape index (κ2) is 9.34. The summed E-state index contributed by atoms with van der Waals surface area (Å²) in [6, 6.07) is 7.49. The zero-order chi connectivity index (χ0) is 14.8. The Morgan fingerprint density at radius 3 is 2.70 bits per heavy atom. The summed E-state index contributed by atoms with van der Waals surface area (Å²) in [5.41, 5.74) is 6.53. The standard InChI is InChI=1S/C15H24N2O3/c1-3-17(9-10-19-4-2)15(18)12-20-14-8-6-5-7-13(14)11-16/h5-8H,3-4,9-12,16H2,1-2H3. The molecule has 0 spiro atoms. The molecule has 1 aromatic carbocycles.